The molecule has 1 aliphatic rings. The number of nitrogens with zero attached hydrogens (tertiary/aromatic N) is 5. The first-order valence-corrected chi connectivity index (χ1v) is 9.61. The Morgan fingerprint density at radius 3 is 2.59 bits per heavy atom. The van der Waals surface area contributed by atoms with Gasteiger partial charge in [-0.1, -0.05) is 0 Å². The maximum Gasteiger partial charge on any atom is 0.320 e. The van der Waals surface area contributed by atoms with Crippen LogP contribution in [0.3, 0.4) is 0 Å². The fraction of sp³-hybridized carbons (Fsp3) is 0.421. The molecule has 2 aromatic rings. The number of aromatic nitrogens is 3. The lowest BCUT2D eigenvalue weighted by Crippen LogP contribution is -2.46. The Bertz CT molecular complexity index is 834. The van der Waals surface area contributed by atoms with E-state index in [1.807, 2.05) is 19.1 Å². The third kappa shape index (κ3) is 5.61. The fourth-order valence-corrected chi connectivity index (χ4v) is 3.13. The molecule has 0 atom stereocenters. The number of rotatable bonds is 6. The fourth-order valence-electron chi connectivity index (χ4n) is 3.13. The largest absolute Gasteiger partial charge is 0.368 e. The molecule has 0 bridgehead atoms. The molecule has 3 amide bonds. The minimum atomic E-state index is -0.288. The molecular formula is C19H26N8O2. The lowest BCUT2D eigenvalue weighted by atomic mass is 10.2. The zero-order valence-electron chi connectivity index (χ0n) is 16.7. The molecule has 1 saturated heterocycles. The molecule has 0 unspecified atom stereocenters. The molecule has 3 rings (SSSR count). The van der Waals surface area contributed by atoms with Crippen molar-refractivity contribution in [2.75, 3.05) is 50.0 Å². The second-order valence-electron chi connectivity index (χ2n) is 6.68. The van der Waals surface area contributed by atoms with E-state index < -0.39 is 0 Å². The van der Waals surface area contributed by atoms with E-state index in [0.29, 0.717) is 18.1 Å². The SMILES string of the molecule is CCNC(=O)Nc1cc(CN2CCN(c3ccc(C(=O)NC)nc3)CC2)cnn1. The highest BCUT2D eigenvalue weighted by Crippen LogP contribution is 2.17. The van der Waals surface area contributed by atoms with Gasteiger partial charge in [0.05, 0.1) is 18.1 Å². The highest BCUT2D eigenvalue weighted by molar-refractivity contribution is 5.92. The van der Waals surface area contributed by atoms with Crippen LogP contribution in [0.1, 0.15) is 23.0 Å². The van der Waals surface area contributed by atoms with E-state index in [9.17, 15) is 9.59 Å². The van der Waals surface area contributed by atoms with Crippen molar-refractivity contribution < 1.29 is 9.59 Å². The molecule has 0 aliphatic carbocycles. The number of carbonyl (C=O) groups is 2. The molecule has 2 aromatic heterocycles. The number of piperazine rings is 1. The van der Waals surface area contributed by atoms with E-state index in [0.717, 1.165) is 44.0 Å². The Morgan fingerprint density at radius 1 is 1.14 bits per heavy atom. The molecule has 0 saturated carbocycles. The van der Waals surface area contributed by atoms with E-state index in [4.69, 9.17) is 0 Å². The molecule has 10 heteroatoms. The van der Waals surface area contributed by atoms with E-state index >= 15 is 0 Å². The Kier molecular flexibility index (Phi) is 6.90. The Hall–Kier alpha value is -3.27. The maximum atomic E-state index is 11.6. The van der Waals surface area contributed by atoms with E-state index in [-0.39, 0.29) is 11.9 Å². The van der Waals surface area contributed by atoms with E-state index in [2.05, 4.69) is 40.9 Å². The summed E-state index contributed by atoms with van der Waals surface area (Å²) in [4.78, 5) is 32.0. The number of amides is 3. The first-order chi connectivity index (χ1) is 14.1. The van der Waals surface area contributed by atoms with Crippen molar-refractivity contribution in [1.29, 1.82) is 0 Å². The van der Waals surface area contributed by atoms with Crippen LogP contribution in [0, 0.1) is 0 Å². The van der Waals surface area contributed by atoms with Gasteiger partial charge < -0.3 is 15.5 Å². The van der Waals surface area contributed by atoms with Gasteiger partial charge in [0, 0.05) is 46.3 Å². The minimum absolute atomic E-state index is 0.187. The molecule has 10 nitrogen and oxygen atoms in total. The van der Waals surface area contributed by atoms with Crippen LogP contribution in [0.25, 0.3) is 0 Å². The topological polar surface area (TPSA) is 115 Å². The van der Waals surface area contributed by atoms with E-state index in [1.54, 1.807) is 25.5 Å². The van der Waals surface area contributed by atoms with Gasteiger partial charge in [0.2, 0.25) is 0 Å². The molecule has 1 fully saturated rings. The average Bonchev–Trinajstić information content (AvgIpc) is 2.74. The average molecular weight is 398 g/mol. The molecular weight excluding hydrogens is 372 g/mol. The van der Waals surface area contributed by atoms with Gasteiger partial charge in [-0.15, -0.1) is 5.10 Å². The number of hydrogen-bond acceptors (Lipinski definition) is 7. The molecule has 154 valence electrons. The molecule has 0 spiro atoms. The van der Waals surface area contributed by atoms with Gasteiger partial charge in [-0.05, 0) is 30.7 Å². The van der Waals surface area contributed by atoms with Crippen molar-refractivity contribution in [3.8, 4) is 0 Å². The first-order valence-electron chi connectivity index (χ1n) is 9.61. The number of carbonyl (C=O) groups excluding carboxylic acids is 2. The lowest BCUT2D eigenvalue weighted by Gasteiger charge is -2.35. The summed E-state index contributed by atoms with van der Waals surface area (Å²) in [6, 6.07) is 5.23. The van der Waals surface area contributed by atoms with Crippen molar-refractivity contribution in [3.63, 3.8) is 0 Å². The molecule has 29 heavy (non-hydrogen) atoms. The summed E-state index contributed by atoms with van der Waals surface area (Å²) in [5.74, 6) is 0.253. The quantitative estimate of drug-likeness (QED) is 0.656. The summed E-state index contributed by atoms with van der Waals surface area (Å²) >= 11 is 0. The third-order valence-electron chi connectivity index (χ3n) is 4.64. The Labute approximate surface area is 169 Å². The monoisotopic (exact) mass is 398 g/mol. The van der Waals surface area contributed by atoms with Gasteiger partial charge in [-0.2, -0.15) is 5.10 Å². The summed E-state index contributed by atoms with van der Waals surface area (Å²) in [6.07, 6.45) is 3.46. The number of urea groups is 1. The van der Waals surface area contributed by atoms with Crippen LogP contribution in [-0.2, 0) is 6.54 Å². The van der Waals surface area contributed by atoms with Crippen LogP contribution in [0.15, 0.2) is 30.6 Å². The van der Waals surface area contributed by atoms with Gasteiger partial charge >= 0.3 is 6.03 Å². The predicted octanol–water partition coefficient (Wildman–Crippen LogP) is 0.695. The summed E-state index contributed by atoms with van der Waals surface area (Å²) < 4.78 is 0. The van der Waals surface area contributed by atoms with Crippen molar-refractivity contribution >= 4 is 23.4 Å². The van der Waals surface area contributed by atoms with Crippen molar-refractivity contribution in [1.82, 2.24) is 30.7 Å². The summed E-state index contributed by atoms with van der Waals surface area (Å²) in [6.45, 7) is 6.65. The summed E-state index contributed by atoms with van der Waals surface area (Å²) in [7, 11) is 1.59. The van der Waals surface area contributed by atoms with Gasteiger partial charge in [-0.25, -0.2) is 9.78 Å². The van der Waals surface area contributed by atoms with Gasteiger partial charge in [0.25, 0.3) is 5.91 Å². The zero-order valence-corrected chi connectivity index (χ0v) is 16.7. The van der Waals surface area contributed by atoms with Crippen LogP contribution < -0.4 is 20.9 Å². The van der Waals surface area contributed by atoms with E-state index in [1.165, 1.54) is 0 Å². The lowest BCUT2D eigenvalue weighted by molar-refractivity contribution is 0.0958. The minimum Gasteiger partial charge on any atom is -0.368 e. The van der Waals surface area contributed by atoms with Crippen molar-refractivity contribution in [2.24, 2.45) is 0 Å². The highest BCUT2D eigenvalue weighted by Gasteiger charge is 2.18. The number of hydrogen-bond donors (Lipinski definition) is 3. The summed E-state index contributed by atoms with van der Waals surface area (Å²) in [5.41, 5.74) is 2.42. The molecule has 0 aromatic carbocycles. The molecule has 3 heterocycles. The summed E-state index contributed by atoms with van der Waals surface area (Å²) in [5, 5.41) is 15.9. The molecule has 0 radical (unpaired) electrons. The van der Waals surface area contributed by atoms with Crippen molar-refractivity contribution in [3.05, 3.63) is 41.9 Å². The van der Waals surface area contributed by atoms with Crippen LogP contribution in [0.5, 0.6) is 0 Å². The Balaban J connectivity index is 1.52. The van der Waals surface area contributed by atoms with Crippen LogP contribution in [0.4, 0.5) is 16.3 Å². The number of anilines is 2. The predicted molar refractivity (Wildman–Crippen MR) is 110 cm³/mol. The van der Waals surface area contributed by atoms with Gasteiger partial charge in [0.15, 0.2) is 5.82 Å². The molecule has 3 N–H and O–H groups in total. The van der Waals surface area contributed by atoms with Gasteiger partial charge in [-0.3, -0.25) is 15.0 Å². The van der Waals surface area contributed by atoms with Crippen LogP contribution >= 0.6 is 0 Å². The maximum absolute atomic E-state index is 11.6. The normalized spacial score (nSPS) is 14.3. The first kappa shape index (κ1) is 20.5. The van der Waals surface area contributed by atoms with Gasteiger partial charge in [0.1, 0.15) is 5.69 Å². The second kappa shape index (κ2) is 9.78. The second-order valence-corrected chi connectivity index (χ2v) is 6.68. The molecule has 1 aliphatic heterocycles. The van der Waals surface area contributed by atoms with Crippen LogP contribution in [0.2, 0.25) is 0 Å². The van der Waals surface area contributed by atoms with Crippen molar-refractivity contribution in [2.45, 2.75) is 13.5 Å². The highest BCUT2D eigenvalue weighted by atomic mass is 16.2. The number of nitrogens with one attached hydrogen (secondary N) is 3. The smallest absolute Gasteiger partial charge is 0.320 e. The standard InChI is InChI=1S/C19H26N8O2/c1-3-21-19(29)24-17-10-14(11-23-25-17)13-26-6-8-27(9-7-26)15-4-5-16(22-12-15)18(28)20-2/h4-5,10-12H,3,6-9,13H2,1-2H3,(H,20,28)(H2,21,24,25,29). The van der Waals surface area contributed by atoms with Crippen LogP contribution in [-0.4, -0.2) is 71.8 Å². The number of pyridine rings is 1. The third-order valence-corrected chi connectivity index (χ3v) is 4.64. The Morgan fingerprint density at radius 2 is 1.93 bits per heavy atom. The zero-order chi connectivity index (χ0) is 20.6.